The highest BCUT2D eigenvalue weighted by Crippen LogP contribution is 2.30. The molecule has 0 fully saturated rings. The van der Waals surface area contributed by atoms with Crippen LogP contribution < -0.4 is 4.74 Å². The molecule has 0 saturated carbocycles. The zero-order chi connectivity index (χ0) is 13.1. The number of hydrogen-bond donors (Lipinski definition) is 1. The minimum atomic E-state index is -0.761. The highest BCUT2D eigenvalue weighted by molar-refractivity contribution is 6.30. The van der Waals surface area contributed by atoms with Crippen molar-refractivity contribution in [1.82, 2.24) is 0 Å². The molecule has 0 bridgehead atoms. The van der Waals surface area contributed by atoms with E-state index in [0.717, 1.165) is 5.56 Å². The van der Waals surface area contributed by atoms with Gasteiger partial charge in [-0.2, -0.15) is 0 Å². The molecule has 0 amide bonds. The largest absolute Gasteiger partial charge is 0.496 e. The fourth-order valence-electron chi connectivity index (χ4n) is 1.77. The van der Waals surface area contributed by atoms with Crippen LogP contribution in [0.5, 0.6) is 5.75 Å². The Labute approximate surface area is 115 Å². The van der Waals surface area contributed by atoms with Gasteiger partial charge < -0.3 is 14.3 Å². The number of methoxy groups -OCH3 is 1. The quantitative estimate of drug-likeness (QED) is 0.928. The molecule has 0 aliphatic carbocycles. The second-order valence-corrected chi connectivity index (χ2v) is 4.61. The lowest BCUT2D eigenvalue weighted by Crippen LogP contribution is -2.03. The fraction of sp³-hybridized carbons (Fsp3) is 0.231. The van der Waals surface area contributed by atoms with Gasteiger partial charge >= 0.3 is 0 Å². The third-order valence-corrected chi connectivity index (χ3v) is 3.20. The normalized spacial score (nSPS) is 12.4. The van der Waals surface area contributed by atoms with Crippen LogP contribution in [0.15, 0.2) is 34.9 Å². The summed E-state index contributed by atoms with van der Waals surface area (Å²) in [4.78, 5) is 0. The summed E-state index contributed by atoms with van der Waals surface area (Å²) in [6, 6.07) is 6.91. The second-order valence-electron chi connectivity index (χ2n) is 3.83. The number of benzene rings is 1. The summed E-state index contributed by atoms with van der Waals surface area (Å²) in [7, 11) is 1.57. The van der Waals surface area contributed by atoms with Crippen molar-refractivity contribution in [2.45, 2.75) is 12.5 Å². The number of rotatable bonds is 4. The summed E-state index contributed by atoms with van der Waals surface area (Å²) in [5.74, 6) is 0.679. The van der Waals surface area contributed by atoms with Crippen LogP contribution in [0.4, 0.5) is 0 Å². The molecule has 18 heavy (non-hydrogen) atoms. The van der Waals surface area contributed by atoms with Crippen LogP contribution in [0.3, 0.4) is 0 Å². The van der Waals surface area contributed by atoms with Crippen molar-refractivity contribution in [2.75, 3.05) is 7.11 Å². The summed E-state index contributed by atoms with van der Waals surface area (Å²) in [5, 5.41) is 10.9. The summed E-state index contributed by atoms with van der Waals surface area (Å²) in [5.41, 5.74) is 1.37. The molecule has 0 radical (unpaired) electrons. The van der Waals surface area contributed by atoms with Crippen molar-refractivity contribution in [3.63, 3.8) is 0 Å². The van der Waals surface area contributed by atoms with E-state index in [-0.39, 0.29) is 5.22 Å². The maximum atomic E-state index is 10.1. The van der Waals surface area contributed by atoms with E-state index in [0.29, 0.717) is 22.8 Å². The Bertz CT molecular complexity index is 537. The van der Waals surface area contributed by atoms with Gasteiger partial charge in [-0.15, -0.1) is 0 Å². The molecule has 1 aromatic heterocycles. The highest BCUT2D eigenvalue weighted by Gasteiger charge is 2.17. The summed E-state index contributed by atoms with van der Waals surface area (Å²) < 4.78 is 10.2. The lowest BCUT2D eigenvalue weighted by atomic mass is 10.0. The van der Waals surface area contributed by atoms with Crippen molar-refractivity contribution in [3.8, 4) is 5.75 Å². The molecule has 0 aliphatic rings. The zero-order valence-corrected chi connectivity index (χ0v) is 11.2. The number of furan rings is 1. The molecule has 1 N–H and O–H groups in total. The van der Waals surface area contributed by atoms with Gasteiger partial charge in [-0.3, -0.25) is 0 Å². The predicted molar refractivity (Wildman–Crippen MR) is 70.4 cm³/mol. The molecule has 1 heterocycles. The van der Waals surface area contributed by atoms with Crippen LogP contribution in [-0.2, 0) is 6.42 Å². The van der Waals surface area contributed by atoms with Crippen LogP contribution in [0.2, 0.25) is 10.2 Å². The molecular formula is C13H12Cl2O3. The van der Waals surface area contributed by atoms with E-state index < -0.39 is 6.10 Å². The van der Waals surface area contributed by atoms with Gasteiger partial charge in [0.2, 0.25) is 0 Å². The van der Waals surface area contributed by atoms with Gasteiger partial charge in [0, 0.05) is 17.0 Å². The van der Waals surface area contributed by atoms with Gasteiger partial charge in [-0.1, -0.05) is 11.6 Å². The molecule has 2 rings (SSSR count). The average Bonchev–Trinajstić information content (AvgIpc) is 2.76. The monoisotopic (exact) mass is 286 g/mol. The molecular weight excluding hydrogens is 275 g/mol. The number of aliphatic hydroxyl groups excluding tert-OH is 1. The minimum absolute atomic E-state index is 0.198. The molecule has 2 aromatic rings. The zero-order valence-electron chi connectivity index (χ0n) is 9.69. The third-order valence-electron chi connectivity index (χ3n) is 2.66. The fourth-order valence-corrected chi connectivity index (χ4v) is 2.20. The van der Waals surface area contributed by atoms with E-state index in [1.807, 2.05) is 0 Å². The summed E-state index contributed by atoms with van der Waals surface area (Å²) >= 11 is 11.8. The highest BCUT2D eigenvalue weighted by atomic mass is 35.5. The van der Waals surface area contributed by atoms with Gasteiger partial charge in [-0.05, 0) is 41.4 Å². The second kappa shape index (κ2) is 5.65. The molecule has 1 aromatic carbocycles. The SMILES string of the molecule is COc1ccc(Cl)cc1CC(O)c1ccoc1Cl. The van der Waals surface area contributed by atoms with E-state index in [2.05, 4.69) is 0 Å². The van der Waals surface area contributed by atoms with E-state index in [1.54, 1.807) is 31.4 Å². The van der Waals surface area contributed by atoms with Crippen LogP contribution in [0.1, 0.15) is 17.2 Å². The molecule has 0 saturated heterocycles. The Morgan fingerprint density at radius 3 is 2.72 bits per heavy atom. The molecule has 3 nitrogen and oxygen atoms in total. The van der Waals surface area contributed by atoms with Crippen LogP contribution in [-0.4, -0.2) is 12.2 Å². The summed E-state index contributed by atoms with van der Waals surface area (Å²) in [6.45, 7) is 0. The van der Waals surface area contributed by atoms with Crippen LogP contribution in [0.25, 0.3) is 0 Å². The maximum absolute atomic E-state index is 10.1. The Morgan fingerprint density at radius 2 is 2.11 bits per heavy atom. The Hall–Kier alpha value is -1.16. The molecule has 1 unspecified atom stereocenters. The first kappa shape index (κ1) is 13.3. The van der Waals surface area contributed by atoms with Crippen molar-refractivity contribution < 1.29 is 14.3 Å². The van der Waals surface area contributed by atoms with Crippen molar-refractivity contribution in [1.29, 1.82) is 0 Å². The Balaban J connectivity index is 2.23. The summed E-state index contributed by atoms with van der Waals surface area (Å²) in [6.07, 6.45) is 1.03. The number of aliphatic hydroxyl groups is 1. The number of halogens is 2. The van der Waals surface area contributed by atoms with Gasteiger partial charge in [0.05, 0.1) is 19.5 Å². The van der Waals surface area contributed by atoms with Gasteiger partial charge in [-0.25, -0.2) is 0 Å². The minimum Gasteiger partial charge on any atom is -0.496 e. The number of hydrogen-bond acceptors (Lipinski definition) is 3. The average molecular weight is 287 g/mol. The number of ether oxygens (including phenoxy) is 1. The topological polar surface area (TPSA) is 42.6 Å². The third kappa shape index (κ3) is 2.80. The van der Waals surface area contributed by atoms with E-state index in [4.69, 9.17) is 32.4 Å². The first-order valence-corrected chi connectivity index (χ1v) is 6.10. The van der Waals surface area contributed by atoms with Crippen LogP contribution in [0, 0.1) is 0 Å². The van der Waals surface area contributed by atoms with E-state index in [1.165, 1.54) is 6.26 Å². The molecule has 0 aliphatic heterocycles. The van der Waals surface area contributed by atoms with Crippen molar-refractivity contribution >= 4 is 23.2 Å². The van der Waals surface area contributed by atoms with Gasteiger partial charge in [0.15, 0.2) is 5.22 Å². The van der Waals surface area contributed by atoms with Crippen molar-refractivity contribution in [3.05, 3.63) is 51.9 Å². The Kier molecular flexibility index (Phi) is 4.17. The standard InChI is InChI=1S/C13H12Cl2O3/c1-17-12-3-2-9(14)6-8(12)7-11(16)10-4-5-18-13(10)15/h2-6,11,16H,7H2,1H3. The van der Waals surface area contributed by atoms with E-state index in [9.17, 15) is 5.11 Å². The maximum Gasteiger partial charge on any atom is 0.198 e. The molecule has 5 heteroatoms. The molecule has 96 valence electrons. The predicted octanol–water partition coefficient (Wildman–Crippen LogP) is 3.87. The van der Waals surface area contributed by atoms with E-state index >= 15 is 0 Å². The first-order chi connectivity index (χ1) is 8.61. The smallest absolute Gasteiger partial charge is 0.198 e. The molecule has 0 spiro atoms. The Morgan fingerprint density at radius 1 is 1.33 bits per heavy atom. The lowest BCUT2D eigenvalue weighted by Gasteiger charge is -2.13. The van der Waals surface area contributed by atoms with Crippen molar-refractivity contribution in [2.24, 2.45) is 0 Å². The van der Waals surface area contributed by atoms with Gasteiger partial charge in [0.25, 0.3) is 0 Å². The first-order valence-electron chi connectivity index (χ1n) is 5.35. The molecule has 1 atom stereocenters. The van der Waals surface area contributed by atoms with Crippen LogP contribution >= 0.6 is 23.2 Å². The lowest BCUT2D eigenvalue weighted by molar-refractivity contribution is 0.176. The van der Waals surface area contributed by atoms with Gasteiger partial charge in [0.1, 0.15) is 5.75 Å².